The van der Waals surface area contributed by atoms with Crippen LogP contribution in [-0.2, 0) is 29.0 Å². The molecule has 1 saturated heterocycles. The first-order chi connectivity index (χ1) is 12.2. The number of hydrogen-bond donors (Lipinski definition) is 1. The highest BCUT2D eigenvalue weighted by molar-refractivity contribution is 5.78. The fourth-order valence-electron chi connectivity index (χ4n) is 2.97. The molecule has 1 heterocycles. The standard InChI is InChI=1S/C20H23FN2O2/c21-19-7-3-4-16(12-19)13-20(24)22-14-17-5-1-2-6-18(17)15-23-8-10-25-11-9-23/h1-7,12H,8-11,13-15H2,(H,22,24). The topological polar surface area (TPSA) is 41.6 Å². The van der Waals surface area contributed by atoms with Gasteiger partial charge in [0.25, 0.3) is 0 Å². The van der Waals surface area contributed by atoms with Crippen molar-refractivity contribution in [1.82, 2.24) is 10.2 Å². The van der Waals surface area contributed by atoms with Crippen LogP contribution in [-0.4, -0.2) is 37.1 Å². The van der Waals surface area contributed by atoms with E-state index in [9.17, 15) is 9.18 Å². The van der Waals surface area contributed by atoms with Gasteiger partial charge in [0.05, 0.1) is 19.6 Å². The molecule has 5 heteroatoms. The predicted molar refractivity (Wildman–Crippen MR) is 94.5 cm³/mol. The monoisotopic (exact) mass is 342 g/mol. The van der Waals surface area contributed by atoms with Gasteiger partial charge >= 0.3 is 0 Å². The zero-order valence-corrected chi connectivity index (χ0v) is 14.2. The van der Waals surface area contributed by atoms with Gasteiger partial charge in [-0.2, -0.15) is 0 Å². The van der Waals surface area contributed by atoms with Gasteiger partial charge in [0.2, 0.25) is 5.91 Å². The highest BCUT2D eigenvalue weighted by Crippen LogP contribution is 2.13. The molecule has 0 saturated carbocycles. The molecule has 0 spiro atoms. The lowest BCUT2D eigenvalue weighted by Crippen LogP contribution is -2.36. The Hall–Kier alpha value is -2.24. The van der Waals surface area contributed by atoms with E-state index in [1.54, 1.807) is 12.1 Å². The summed E-state index contributed by atoms with van der Waals surface area (Å²) in [7, 11) is 0. The van der Waals surface area contributed by atoms with Crippen molar-refractivity contribution >= 4 is 5.91 Å². The van der Waals surface area contributed by atoms with Crippen molar-refractivity contribution in [3.63, 3.8) is 0 Å². The number of benzene rings is 2. The summed E-state index contributed by atoms with van der Waals surface area (Å²) in [6.45, 7) is 4.74. The van der Waals surface area contributed by atoms with Crippen molar-refractivity contribution < 1.29 is 13.9 Å². The van der Waals surface area contributed by atoms with Gasteiger partial charge in [-0.1, -0.05) is 36.4 Å². The van der Waals surface area contributed by atoms with E-state index in [4.69, 9.17) is 4.74 Å². The third-order valence-corrected chi connectivity index (χ3v) is 4.35. The molecule has 0 aliphatic carbocycles. The number of carbonyl (C=O) groups is 1. The molecular formula is C20H23FN2O2. The number of nitrogens with zero attached hydrogens (tertiary/aromatic N) is 1. The third kappa shape index (κ3) is 5.37. The molecule has 1 N–H and O–H groups in total. The minimum atomic E-state index is -0.318. The molecule has 1 aliphatic heterocycles. The van der Waals surface area contributed by atoms with Crippen LogP contribution < -0.4 is 5.32 Å². The van der Waals surface area contributed by atoms with Gasteiger partial charge in [-0.15, -0.1) is 0 Å². The summed E-state index contributed by atoms with van der Waals surface area (Å²) in [6, 6.07) is 14.3. The first kappa shape index (κ1) is 17.6. The average Bonchev–Trinajstić information content (AvgIpc) is 2.62. The van der Waals surface area contributed by atoms with Crippen LogP contribution in [0, 0.1) is 5.82 Å². The maximum absolute atomic E-state index is 13.2. The molecule has 0 radical (unpaired) electrons. The van der Waals surface area contributed by atoms with E-state index in [0.29, 0.717) is 12.1 Å². The average molecular weight is 342 g/mol. The molecule has 25 heavy (non-hydrogen) atoms. The number of ether oxygens (including phenoxy) is 1. The first-order valence-corrected chi connectivity index (χ1v) is 8.59. The number of amides is 1. The molecule has 1 fully saturated rings. The van der Waals surface area contributed by atoms with Crippen molar-refractivity contribution in [2.45, 2.75) is 19.5 Å². The van der Waals surface area contributed by atoms with Crippen LogP contribution in [0.15, 0.2) is 48.5 Å². The van der Waals surface area contributed by atoms with Gasteiger partial charge in [0, 0.05) is 26.2 Å². The number of halogens is 1. The Morgan fingerprint density at radius 1 is 1.08 bits per heavy atom. The predicted octanol–water partition coefficient (Wildman–Crippen LogP) is 2.52. The summed E-state index contributed by atoms with van der Waals surface area (Å²) >= 11 is 0. The molecule has 2 aromatic carbocycles. The minimum Gasteiger partial charge on any atom is -0.379 e. The van der Waals surface area contributed by atoms with Crippen LogP contribution in [0.4, 0.5) is 4.39 Å². The second-order valence-electron chi connectivity index (χ2n) is 6.24. The molecular weight excluding hydrogens is 319 g/mol. The summed E-state index contributed by atoms with van der Waals surface area (Å²) in [5.41, 5.74) is 3.01. The molecule has 3 rings (SSSR count). The van der Waals surface area contributed by atoms with E-state index in [1.807, 2.05) is 18.2 Å². The molecule has 1 aliphatic rings. The molecule has 132 valence electrons. The highest BCUT2D eigenvalue weighted by atomic mass is 19.1. The zero-order chi connectivity index (χ0) is 17.5. The van der Waals surface area contributed by atoms with Gasteiger partial charge in [-0.05, 0) is 28.8 Å². The van der Waals surface area contributed by atoms with E-state index in [2.05, 4.69) is 16.3 Å². The SMILES string of the molecule is O=C(Cc1cccc(F)c1)NCc1ccccc1CN1CCOCC1. The fraction of sp³-hybridized carbons (Fsp3) is 0.350. The summed E-state index contributed by atoms with van der Waals surface area (Å²) in [5.74, 6) is -0.423. The number of hydrogen-bond acceptors (Lipinski definition) is 3. The second kappa shape index (κ2) is 8.74. The molecule has 2 aromatic rings. The number of morpholine rings is 1. The molecule has 1 amide bonds. The fourth-order valence-corrected chi connectivity index (χ4v) is 2.97. The van der Waals surface area contributed by atoms with Gasteiger partial charge in [-0.3, -0.25) is 9.69 Å². The minimum absolute atomic E-state index is 0.105. The third-order valence-electron chi connectivity index (χ3n) is 4.35. The van der Waals surface area contributed by atoms with Crippen LogP contribution >= 0.6 is 0 Å². The van der Waals surface area contributed by atoms with E-state index in [0.717, 1.165) is 38.4 Å². The van der Waals surface area contributed by atoms with Gasteiger partial charge in [0.1, 0.15) is 5.82 Å². The molecule has 0 bridgehead atoms. The smallest absolute Gasteiger partial charge is 0.224 e. The molecule has 0 atom stereocenters. The Bertz CT molecular complexity index is 714. The Balaban J connectivity index is 1.56. The van der Waals surface area contributed by atoms with Crippen LogP contribution in [0.5, 0.6) is 0 Å². The summed E-state index contributed by atoms with van der Waals surface area (Å²) in [4.78, 5) is 14.5. The van der Waals surface area contributed by atoms with Gasteiger partial charge in [0.15, 0.2) is 0 Å². The largest absolute Gasteiger partial charge is 0.379 e. The Morgan fingerprint density at radius 3 is 2.60 bits per heavy atom. The van der Waals surface area contributed by atoms with Crippen molar-refractivity contribution in [2.75, 3.05) is 26.3 Å². The number of nitrogens with one attached hydrogen (secondary N) is 1. The lowest BCUT2D eigenvalue weighted by atomic mass is 10.1. The van der Waals surface area contributed by atoms with Crippen LogP contribution in [0.2, 0.25) is 0 Å². The van der Waals surface area contributed by atoms with Crippen LogP contribution in [0.3, 0.4) is 0 Å². The number of carbonyl (C=O) groups excluding carboxylic acids is 1. The Kier molecular flexibility index (Phi) is 6.14. The maximum Gasteiger partial charge on any atom is 0.224 e. The Labute approximate surface area is 147 Å². The van der Waals surface area contributed by atoms with Crippen molar-refractivity contribution in [2.24, 2.45) is 0 Å². The van der Waals surface area contributed by atoms with E-state index in [-0.39, 0.29) is 18.1 Å². The second-order valence-corrected chi connectivity index (χ2v) is 6.24. The number of rotatable bonds is 6. The molecule has 0 aromatic heterocycles. The summed E-state index contributed by atoms with van der Waals surface area (Å²) in [6.07, 6.45) is 0.184. The molecule has 4 nitrogen and oxygen atoms in total. The van der Waals surface area contributed by atoms with E-state index >= 15 is 0 Å². The highest BCUT2D eigenvalue weighted by Gasteiger charge is 2.13. The lowest BCUT2D eigenvalue weighted by molar-refractivity contribution is -0.120. The van der Waals surface area contributed by atoms with Crippen LogP contribution in [0.1, 0.15) is 16.7 Å². The van der Waals surface area contributed by atoms with E-state index in [1.165, 1.54) is 17.7 Å². The molecule has 0 unspecified atom stereocenters. The first-order valence-electron chi connectivity index (χ1n) is 8.59. The summed E-state index contributed by atoms with van der Waals surface area (Å²) in [5, 5.41) is 2.94. The quantitative estimate of drug-likeness (QED) is 0.877. The van der Waals surface area contributed by atoms with Crippen molar-refractivity contribution in [3.8, 4) is 0 Å². The zero-order valence-electron chi connectivity index (χ0n) is 14.2. The van der Waals surface area contributed by atoms with Crippen molar-refractivity contribution in [1.29, 1.82) is 0 Å². The summed E-state index contributed by atoms with van der Waals surface area (Å²) < 4.78 is 18.6. The van der Waals surface area contributed by atoms with Gasteiger partial charge in [-0.25, -0.2) is 4.39 Å². The van der Waals surface area contributed by atoms with Crippen molar-refractivity contribution in [3.05, 3.63) is 71.0 Å². The maximum atomic E-state index is 13.2. The van der Waals surface area contributed by atoms with Gasteiger partial charge < -0.3 is 10.1 Å². The van der Waals surface area contributed by atoms with Crippen LogP contribution in [0.25, 0.3) is 0 Å². The van der Waals surface area contributed by atoms with E-state index < -0.39 is 0 Å². The Morgan fingerprint density at radius 2 is 1.84 bits per heavy atom. The lowest BCUT2D eigenvalue weighted by Gasteiger charge is -2.27. The normalized spacial score (nSPS) is 15.1.